The van der Waals surface area contributed by atoms with Crippen molar-refractivity contribution in [3.05, 3.63) is 33.7 Å². The molecule has 0 unspecified atom stereocenters. The zero-order valence-corrected chi connectivity index (χ0v) is 14.1. The highest BCUT2D eigenvalue weighted by Crippen LogP contribution is 2.34. The molecule has 2 aromatic rings. The lowest BCUT2D eigenvalue weighted by Gasteiger charge is -2.13. The molecule has 0 amide bonds. The first-order valence-electron chi connectivity index (χ1n) is 6.23. The van der Waals surface area contributed by atoms with Crippen molar-refractivity contribution in [2.45, 2.75) is 0 Å². The first-order chi connectivity index (χ1) is 9.97. The van der Waals surface area contributed by atoms with Crippen molar-refractivity contribution in [3.63, 3.8) is 0 Å². The third-order valence-corrected chi connectivity index (χ3v) is 4.06. The van der Waals surface area contributed by atoms with Crippen molar-refractivity contribution in [2.24, 2.45) is 0 Å². The van der Waals surface area contributed by atoms with Crippen molar-refractivity contribution in [1.29, 1.82) is 0 Å². The number of hydrogen-bond donors (Lipinski definition) is 1. The highest BCUT2D eigenvalue weighted by Gasteiger charge is 2.14. The highest BCUT2D eigenvalue weighted by molar-refractivity contribution is 9.10. The molecule has 21 heavy (non-hydrogen) atoms. The van der Waals surface area contributed by atoms with Crippen LogP contribution in [0.25, 0.3) is 10.6 Å². The Bertz CT molecular complexity index is 643. The van der Waals surface area contributed by atoms with Crippen LogP contribution in [0.1, 0.15) is 10.5 Å². The molecule has 7 heteroatoms. The molecule has 0 aliphatic carbocycles. The predicted octanol–water partition coefficient (Wildman–Crippen LogP) is 3.21. The molecule has 1 aromatic carbocycles. The van der Waals surface area contributed by atoms with Crippen LogP contribution in [0.4, 0.5) is 0 Å². The molecule has 1 aromatic heterocycles. The van der Waals surface area contributed by atoms with E-state index in [-0.39, 0.29) is 5.69 Å². The van der Waals surface area contributed by atoms with E-state index >= 15 is 0 Å². The van der Waals surface area contributed by atoms with Crippen LogP contribution in [0.2, 0.25) is 0 Å². The number of rotatable bonds is 6. The lowest BCUT2D eigenvalue weighted by molar-refractivity contribution is 0.0691. The van der Waals surface area contributed by atoms with Crippen LogP contribution in [0, 0.1) is 0 Å². The number of carbonyl (C=O) groups is 1. The van der Waals surface area contributed by atoms with Crippen molar-refractivity contribution in [2.75, 3.05) is 27.2 Å². The van der Waals surface area contributed by atoms with Crippen LogP contribution in [0.3, 0.4) is 0 Å². The quantitative estimate of drug-likeness (QED) is 0.845. The number of benzene rings is 1. The van der Waals surface area contributed by atoms with Crippen molar-refractivity contribution in [3.8, 4) is 16.3 Å². The van der Waals surface area contributed by atoms with Gasteiger partial charge in [0.2, 0.25) is 0 Å². The average molecular weight is 371 g/mol. The first kappa shape index (κ1) is 15.9. The number of aromatic nitrogens is 1. The van der Waals surface area contributed by atoms with Crippen LogP contribution in [-0.4, -0.2) is 48.2 Å². The minimum Gasteiger partial charge on any atom is -0.492 e. The molecule has 1 heterocycles. The number of halogens is 1. The summed E-state index contributed by atoms with van der Waals surface area (Å²) in [6.07, 6.45) is 0. The van der Waals surface area contributed by atoms with Crippen LogP contribution in [-0.2, 0) is 0 Å². The van der Waals surface area contributed by atoms with E-state index in [2.05, 4.69) is 20.9 Å². The molecule has 0 spiro atoms. The fraction of sp³-hybridized carbons (Fsp3) is 0.286. The Morgan fingerprint density at radius 1 is 1.48 bits per heavy atom. The van der Waals surface area contributed by atoms with E-state index in [4.69, 9.17) is 9.84 Å². The summed E-state index contributed by atoms with van der Waals surface area (Å²) < 4.78 is 6.68. The summed E-state index contributed by atoms with van der Waals surface area (Å²) in [5.41, 5.74) is 0.842. The zero-order chi connectivity index (χ0) is 15.4. The maximum absolute atomic E-state index is 10.9. The molecule has 0 radical (unpaired) electrons. The second-order valence-corrected chi connectivity index (χ2v) is 6.41. The van der Waals surface area contributed by atoms with E-state index in [1.807, 2.05) is 37.2 Å². The van der Waals surface area contributed by atoms with Crippen LogP contribution in [0.15, 0.2) is 28.1 Å². The normalized spacial score (nSPS) is 10.9. The van der Waals surface area contributed by atoms with Crippen LogP contribution < -0.4 is 4.74 Å². The first-order valence-corrected chi connectivity index (χ1v) is 7.91. The molecule has 0 aliphatic rings. The lowest BCUT2D eigenvalue weighted by atomic mass is 10.2. The fourth-order valence-electron chi connectivity index (χ4n) is 1.63. The highest BCUT2D eigenvalue weighted by atomic mass is 79.9. The van der Waals surface area contributed by atoms with E-state index in [1.165, 1.54) is 16.7 Å². The molecule has 1 N–H and O–H groups in total. The van der Waals surface area contributed by atoms with Gasteiger partial charge in [-0.2, -0.15) is 0 Å². The molecular formula is C14H15BrN2O3S. The van der Waals surface area contributed by atoms with Gasteiger partial charge < -0.3 is 14.7 Å². The third kappa shape index (κ3) is 4.26. The Hall–Kier alpha value is -1.44. The molecule has 5 nitrogen and oxygen atoms in total. The number of nitrogens with zero attached hydrogens (tertiary/aromatic N) is 2. The summed E-state index contributed by atoms with van der Waals surface area (Å²) in [6, 6.07) is 5.63. The Labute approximate surface area is 135 Å². The molecule has 2 rings (SSSR count). The fourth-order valence-corrected chi connectivity index (χ4v) is 2.80. The minimum atomic E-state index is -1.03. The number of carboxylic acids is 1. The van der Waals surface area contributed by atoms with E-state index in [1.54, 1.807) is 0 Å². The van der Waals surface area contributed by atoms with E-state index in [0.29, 0.717) is 17.4 Å². The second-order valence-electron chi connectivity index (χ2n) is 4.64. The molecule has 0 fully saturated rings. The summed E-state index contributed by atoms with van der Waals surface area (Å²) in [4.78, 5) is 17.1. The summed E-state index contributed by atoms with van der Waals surface area (Å²) in [6.45, 7) is 1.35. The van der Waals surface area contributed by atoms with Gasteiger partial charge >= 0.3 is 5.97 Å². The summed E-state index contributed by atoms with van der Waals surface area (Å²) in [5.74, 6) is -0.325. The molecule has 0 saturated heterocycles. The van der Waals surface area contributed by atoms with Gasteiger partial charge in [0.1, 0.15) is 17.4 Å². The Kier molecular flexibility index (Phi) is 5.33. The van der Waals surface area contributed by atoms with Gasteiger partial charge in [0, 0.05) is 16.4 Å². The Balaban J connectivity index is 2.27. The molecule has 0 aliphatic heterocycles. The number of carboxylic acid groups (broad SMARTS) is 1. The second kappa shape index (κ2) is 7.02. The van der Waals surface area contributed by atoms with E-state index in [0.717, 1.165) is 16.6 Å². The molecule has 0 saturated carbocycles. The van der Waals surface area contributed by atoms with Gasteiger partial charge in [-0.05, 0) is 32.3 Å². The maximum atomic E-state index is 10.9. The Morgan fingerprint density at radius 3 is 2.86 bits per heavy atom. The van der Waals surface area contributed by atoms with Gasteiger partial charge in [0.25, 0.3) is 0 Å². The lowest BCUT2D eigenvalue weighted by Crippen LogP contribution is -2.19. The van der Waals surface area contributed by atoms with Crippen molar-refractivity contribution in [1.82, 2.24) is 9.88 Å². The Morgan fingerprint density at radius 2 is 2.24 bits per heavy atom. The summed E-state index contributed by atoms with van der Waals surface area (Å²) in [7, 11) is 3.96. The van der Waals surface area contributed by atoms with Crippen molar-refractivity contribution < 1.29 is 14.6 Å². The largest absolute Gasteiger partial charge is 0.492 e. The number of thiazole rings is 1. The van der Waals surface area contributed by atoms with Gasteiger partial charge in [-0.1, -0.05) is 15.9 Å². The number of ether oxygens (including phenoxy) is 1. The monoisotopic (exact) mass is 370 g/mol. The molecule has 0 atom stereocenters. The smallest absolute Gasteiger partial charge is 0.355 e. The SMILES string of the molecule is CN(C)CCOc1ccc(Br)cc1-c1nc(C(=O)O)cs1. The number of hydrogen-bond acceptors (Lipinski definition) is 5. The standard InChI is InChI=1S/C14H15BrN2O3S/c1-17(2)5-6-20-12-4-3-9(15)7-10(12)13-16-11(8-21-13)14(18)19/h3-4,7-8H,5-6H2,1-2H3,(H,18,19). The average Bonchev–Trinajstić information content (AvgIpc) is 2.89. The predicted molar refractivity (Wildman–Crippen MR) is 86.3 cm³/mol. The van der Waals surface area contributed by atoms with Crippen LogP contribution in [0.5, 0.6) is 5.75 Å². The molecule has 0 bridgehead atoms. The van der Waals surface area contributed by atoms with E-state index < -0.39 is 5.97 Å². The number of aromatic carboxylic acids is 1. The van der Waals surface area contributed by atoms with Gasteiger partial charge in [0.05, 0.1) is 5.56 Å². The van der Waals surface area contributed by atoms with E-state index in [9.17, 15) is 4.79 Å². The van der Waals surface area contributed by atoms with Crippen LogP contribution >= 0.6 is 27.3 Å². The minimum absolute atomic E-state index is 0.0502. The van der Waals surface area contributed by atoms with Crippen molar-refractivity contribution >= 4 is 33.2 Å². The van der Waals surface area contributed by atoms with Gasteiger partial charge in [0.15, 0.2) is 5.69 Å². The van der Waals surface area contributed by atoms with Gasteiger partial charge in [-0.3, -0.25) is 0 Å². The number of likely N-dealkylation sites (N-methyl/N-ethyl adjacent to an activating group) is 1. The zero-order valence-electron chi connectivity index (χ0n) is 11.7. The molecular weight excluding hydrogens is 356 g/mol. The maximum Gasteiger partial charge on any atom is 0.355 e. The summed E-state index contributed by atoms with van der Waals surface area (Å²) in [5, 5.41) is 11.1. The molecule has 112 valence electrons. The topological polar surface area (TPSA) is 62.7 Å². The summed E-state index contributed by atoms with van der Waals surface area (Å²) >= 11 is 4.71. The third-order valence-electron chi connectivity index (χ3n) is 2.69. The van der Waals surface area contributed by atoms with Gasteiger partial charge in [-0.15, -0.1) is 11.3 Å². The van der Waals surface area contributed by atoms with Gasteiger partial charge in [-0.25, -0.2) is 9.78 Å².